The second-order valence-corrected chi connectivity index (χ2v) is 5.18. The van der Waals surface area contributed by atoms with Gasteiger partial charge in [-0.1, -0.05) is 23.2 Å². The van der Waals surface area contributed by atoms with E-state index in [-0.39, 0.29) is 6.61 Å². The molecule has 0 unspecified atom stereocenters. The van der Waals surface area contributed by atoms with Gasteiger partial charge in [0, 0.05) is 17.1 Å². The van der Waals surface area contributed by atoms with E-state index in [4.69, 9.17) is 27.9 Å². The van der Waals surface area contributed by atoms with Gasteiger partial charge in [-0.05, 0) is 32.0 Å². The quantitative estimate of drug-likeness (QED) is 0.917. The summed E-state index contributed by atoms with van der Waals surface area (Å²) in [5.41, 5.74) is 2.25. The molecular weight excluding hydrogens is 299 g/mol. The molecule has 1 N–H and O–H groups in total. The number of hydrogen-bond donors (Lipinski definition) is 1. The zero-order valence-corrected chi connectivity index (χ0v) is 12.9. The Morgan fingerprint density at radius 2 is 2.10 bits per heavy atom. The van der Waals surface area contributed by atoms with E-state index >= 15 is 0 Å². The Bertz CT molecular complexity index is 611. The number of nitrogens with zero attached hydrogens (tertiary/aromatic N) is 2. The maximum Gasteiger partial charge on any atom is 0.131 e. The van der Waals surface area contributed by atoms with Crippen LogP contribution in [-0.4, -0.2) is 14.9 Å². The molecule has 0 radical (unpaired) electrons. The van der Waals surface area contributed by atoms with Crippen LogP contribution in [0, 0.1) is 6.92 Å². The van der Waals surface area contributed by atoms with E-state index in [2.05, 4.69) is 5.10 Å². The van der Waals surface area contributed by atoms with Crippen molar-refractivity contribution in [2.45, 2.75) is 33.6 Å². The lowest BCUT2D eigenvalue weighted by Crippen LogP contribution is -2.07. The van der Waals surface area contributed by atoms with Crippen molar-refractivity contribution in [3.63, 3.8) is 0 Å². The van der Waals surface area contributed by atoms with Crippen LogP contribution < -0.4 is 4.74 Å². The van der Waals surface area contributed by atoms with Crippen LogP contribution in [0.1, 0.15) is 23.9 Å². The third-order valence-electron chi connectivity index (χ3n) is 3.01. The number of aromatic nitrogens is 2. The van der Waals surface area contributed by atoms with E-state index in [0.29, 0.717) is 28.0 Å². The minimum absolute atomic E-state index is 0.129. The molecule has 0 saturated heterocycles. The number of aliphatic hydroxyl groups is 1. The van der Waals surface area contributed by atoms with Gasteiger partial charge < -0.3 is 9.84 Å². The normalized spacial score (nSPS) is 10.8. The summed E-state index contributed by atoms with van der Waals surface area (Å²) in [5, 5.41) is 14.8. The first-order valence-corrected chi connectivity index (χ1v) is 7.06. The summed E-state index contributed by atoms with van der Waals surface area (Å²) < 4.78 is 7.55. The standard InChI is InChI=1S/C14H16Cl2N2O2/c1-3-18-12(14(16)9(2)17-18)8-20-13-5-4-11(15)6-10(13)7-19/h4-6,19H,3,7-8H2,1-2H3. The van der Waals surface area contributed by atoms with Crippen LogP contribution in [0.15, 0.2) is 18.2 Å². The molecule has 1 aromatic heterocycles. The number of ether oxygens (including phenoxy) is 1. The maximum absolute atomic E-state index is 9.32. The predicted molar refractivity (Wildman–Crippen MR) is 79.4 cm³/mol. The van der Waals surface area contributed by atoms with Crippen molar-refractivity contribution in [3.8, 4) is 5.75 Å². The molecular formula is C14H16Cl2N2O2. The van der Waals surface area contributed by atoms with Gasteiger partial charge in [0.2, 0.25) is 0 Å². The van der Waals surface area contributed by atoms with Gasteiger partial charge in [0.05, 0.1) is 23.0 Å². The molecule has 108 valence electrons. The molecule has 0 saturated carbocycles. The molecule has 0 aliphatic heterocycles. The maximum atomic E-state index is 9.32. The second kappa shape index (κ2) is 6.48. The fourth-order valence-electron chi connectivity index (χ4n) is 1.97. The average Bonchev–Trinajstić information content (AvgIpc) is 2.72. The van der Waals surface area contributed by atoms with Gasteiger partial charge in [0.1, 0.15) is 12.4 Å². The zero-order chi connectivity index (χ0) is 14.7. The number of aryl methyl sites for hydroxylation is 2. The van der Waals surface area contributed by atoms with E-state index in [1.807, 2.05) is 18.5 Å². The van der Waals surface area contributed by atoms with Crippen molar-refractivity contribution in [2.75, 3.05) is 0 Å². The monoisotopic (exact) mass is 314 g/mol. The smallest absolute Gasteiger partial charge is 0.131 e. The number of hydrogen-bond acceptors (Lipinski definition) is 3. The molecule has 0 amide bonds. The van der Waals surface area contributed by atoms with Gasteiger partial charge in [0.15, 0.2) is 0 Å². The molecule has 2 rings (SSSR count). The van der Waals surface area contributed by atoms with Crippen molar-refractivity contribution < 1.29 is 9.84 Å². The summed E-state index contributed by atoms with van der Waals surface area (Å²) in [5.74, 6) is 0.592. The van der Waals surface area contributed by atoms with Gasteiger partial charge in [-0.25, -0.2) is 0 Å². The third kappa shape index (κ3) is 3.08. The summed E-state index contributed by atoms with van der Waals surface area (Å²) in [6, 6.07) is 5.14. The number of rotatable bonds is 5. The Morgan fingerprint density at radius 3 is 2.75 bits per heavy atom. The van der Waals surface area contributed by atoms with Gasteiger partial charge in [-0.3, -0.25) is 4.68 Å². The lowest BCUT2D eigenvalue weighted by molar-refractivity contribution is 0.255. The highest BCUT2D eigenvalue weighted by atomic mass is 35.5. The third-order valence-corrected chi connectivity index (χ3v) is 3.74. The first-order chi connectivity index (χ1) is 9.56. The van der Waals surface area contributed by atoms with Gasteiger partial charge in [0.25, 0.3) is 0 Å². The summed E-state index contributed by atoms with van der Waals surface area (Å²) in [7, 11) is 0. The van der Waals surface area contributed by atoms with Gasteiger partial charge >= 0.3 is 0 Å². The van der Waals surface area contributed by atoms with Crippen molar-refractivity contribution in [3.05, 3.63) is 45.2 Å². The number of aliphatic hydroxyl groups excluding tert-OH is 1. The molecule has 20 heavy (non-hydrogen) atoms. The highest BCUT2D eigenvalue weighted by Gasteiger charge is 2.14. The highest BCUT2D eigenvalue weighted by molar-refractivity contribution is 6.31. The molecule has 0 aliphatic rings. The first-order valence-electron chi connectivity index (χ1n) is 6.30. The molecule has 1 aromatic carbocycles. The number of benzene rings is 1. The SMILES string of the molecule is CCn1nc(C)c(Cl)c1COc1ccc(Cl)cc1CO. The van der Waals surface area contributed by atoms with Gasteiger partial charge in [-0.15, -0.1) is 0 Å². The molecule has 0 aliphatic carbocycles. The van der Waals surface area contributed by atoms with Crippen molar-refractivity contribution in [1.29, 1.82) is 0 Å². The molecule has 6 heteroatoms. The molecule has 0 atom stereocenters. The van der Waals surface area contributed by atoms with Crippen LogP contribution in [0.25, 0.3) is 0 Å². The summed E-state index contributed by atoms with van der Waals surface area (Å²) in [6.07, 6.45) is 0. The molecule has 0 fully saturated rings. The van der Waals surface area contributed by atoms with Gasteiger partial charge in [-0.2, -0.15) is 5.10 Å². The molecule has 4 nitrogen and oxygen atoms in total. The second-order valence-electron chi connectivity index (χ2n) is 4.36. The van der Waals surface area contributed by atoms with Crippen LogP contribution >= 0.6 is 23.2 Å². The summed E-state index contributed by atoms with van der Waals surface area (Å²) in [6.45, 7) is 4.74. The Hall–Kier alpha value is -1.23. The van der Waals surface area contributed by atoms with Crippen LogP contribution in [0.2, 0.25) is 10.0 Å². The molecule has 2 aromatic rings. The van der Waals surface area contributed by atoms with Crippen LogP contribution in [-0.2, 0) is 19.8 Å². The average molecular weight is 315 g/mol. The van der Waals surface area contributed by atoms with E-state index < -0.39 is 0 Å². The van der Waals surface area contributed by atoms with E-state index in [0.717, 1.165) is 17.9 Å². The van der Waals surface area contributed by atoms with E-state index in [1.54, 1.807) is 18.2 Å². The Kier molecular flexibility index (Phi) is 4.91. The lowest BCUT2D eigenvalue weighted by atomic mass is 10.2. The van der Waals surface area contributed by atoms with E-state index in [9.17, 15) is 5.11 Å². The topological polar surface area (TPSA) is 47.3 Å². The molecule has 0 spiro atoms. The zero-order valence-electron chi connectivity index (χ0n) is 11.4. The van der Waals surface area contributed by atoms with Crippen LogP contribution in [0.5, 0.6) is 5.75 Å². The van der Waals surface area contributed by atoms with Crippen LogP contribution in [0.3, 0.4) is 0 Å². The van der Waals surface area contributed by atoms with Crippen molar-refractivity contribution in [1.82, 2.24) is 9.78 Å². The van der Waals surface area contributed by atoms with E-state index in [1.165, 1.54) is 0 Å². The van der Waals surface area contributed by atoms with Crippen molar-refractivity contribution in [2.24, 2.45) is 0 Å². The summed E-state index contributed by atoms with van der Waals surface area (Å²) in [4.78, 5) is 0. The number of halogens is 2. The minimum atomic E-state index is -0.129. The highest BCUT2D eigenvalue weighted by Crippen LogP contribution is 2.26. The fraction of sp³-hybridized carbons (Fsp3) is 0.357. The predicted octanol–water partition coefficient (Wildman–Crippen LogP) is 3.59. The molecule has 0 bridgehead atoms. The summed E-state index contributed by atoms with van der Waals surface area (Å²) >= 11 is 12.1. The fourth-order valence-corrected chi connectivity index (χ4v) is 2.35. The minimum Gasteiger partial charge on any atom is -0.487 e. The van der Waals surface area contributed by atoms with Crippen LogP contribution in [0.4, 0.5) is 0 Å². The Balaban J connectivity index is 2.21. The molecule has 1 heterocycles. The largest absolute Gasteiger partial charge is 0.487 e. The first kappa shape index (κ1) is 15.2. The lowest BCUT2D eigenvalue weighted by Gasteiger charge is -2.11. The Morgan fingerprint density at radius 1 is 1.35 bits per heavy atom. The Labute approximate surface area is 127 Å². The van der Waals surface area contributed by atoms with Crippen molar-refractivity contribution >= 4 is 23.2 Å².